The highest BCUT2D eigenvalue weighted by molar-refractivity contribution is 7.91. The van der Waals surface area contributed by atoms with Crippen LogP contribution >= 0.6 is 0 Å². The number of hydrogen-bond acceptors (Lipinski definition) is 3. The van der Waals surface area contributed by atoms with Crippen LogP contribution in [-0.2, 0) is 10.0 Å². The van der Waals surface area contributed by atoms with Crippen LogP contribution in [0.4, 0.5) is 0 Å². The topological polar surface area (TPSA) is 54.5 Å². The van der Waals surface area contributed by atoms with Gasteiger partial charge >= 0.3 is 0 Å². The summed E-state index contributed by atoms with van der Waals surface area (Å²) in [6, 6.07) is 6.09. The maximum absolute atomic E-state index is 11.5. The average molecular weight is 210 g/mol. The minimum Gasteiger partial charge on any atom is -0.269 e. The predicted molar refractivity (Wildman–Crippen MR) is 45.6 cm³/mol. The number of carbonyl (C=O) groups excluding carboxylic acids is 1. The molecule has 0 unspecified atom stereocenters. The van der Waals surface area contributed by atoms with Gasteiger partial charge in [-0.25, -0.2) is 8.42 Å². The molecule has 1 aromatic rings. The van der Waals surface area contributed by atoms with Gasteiger partial charge in [0.15, 0.2) is 0 Å². The molecule has 13 heavy (non-hydrogen) atoms. The van der Waals surface area contributed by atoms with Crippen molar-refractivity contribution in [2.45, 2.75) is 4.90 Å². The zero-order chi connectivity index (χ0) is 9.64. The lowest BCUT2D eigenvalue weighted by molar-refractivity contribution is 0.0929. The van der Waals surface area contributed by atoms with E-state index in [4.69, 9.17) is 0 Å². The number of nitrogens with zero attached hydrogens (tertiary/aromatic N) is 1. The van der Waals surface area contributed by atoms with Crippen molar-refractivity contribution in [1.82, 2.24) is 3.97 Å². The Morgan fingerprint density at radius 2 is 1.85 bits per heavy atom. The van der Waals surface area contributed by atoms with Gasteiger partial charge in [-0.15, -0.1) is 0 Å². The van der Waals surface area contributed by atoms with Crippen molar-refractivity contribution in [3.63, 3.8) is 0 Å². The summed E-state index contributed by atoms with van der Waals surface area (Å²) in [7, 11) is -0.881. The van der Waals surface area contributed by atoms with Crippen LogP contribution < -0.4 is 0 Å². The number of sulfonamides is 1. The van der Waals surface area contributed by atoms with E-state index in [0.29, 0.717) is 3.97 Å². The first-order valence-corrected chi connectivity index (χ1v) is 5.34. The maximum Gasteiger partial charge on any atom is 0.260 e. The monoisotopic (exact) mass is 210 g/mol. The Labute approximate surface area is 78.7 Å². The summed E-state index contributed by atoms with van der Waals surface area (Å²) in [5, 5.41) is 0. The Hall–Kier alpha value is -1.14. The van der Waals surface area contributed by atoms with Gasteiger partial charge in [0, 0.05) is 0 Å². The van der Waals surface area contributed by atoms with Gasteiger partial charge in [-0.2, -0.15) is 0 Å². The van der Waals surface area contributed by atoms with E-state index in [9.17, 15) is 13.2 Å². The first-order chi connectivity index (χ1) is 6.05. The zero-order valence-corrected chi connectivity index (χ0v) is 8.21. The summed E-state index contributed by atoms with van der Waals surface area (Å²) < 4.78 is 23.5. The Balaban J connectivity index is 2.83. The summed E-state index contributed by atoms with van der Waals surface area (Å²) in [5.41, 5.74) is 0.206. The second kappa shape index (κ2) is 2.42. The summed E-state index contributed by atoms with van der Waals surface area (Å²) in [4.78, 5) is 11.4. The number of hydrogen-bond donors (Lipinski definition) is 0. The molecule has 6 heteroatoms. The van der Waals surface area contributed by atoms with Gasteiger partial charge in [-0.1, -0.05) is 12.1 Å². The molecular weight excluding hydrogens is 206 g/mol. The van der Waals surface area contributed by atoms with Crippen molar-refractivity contribution in [3.8, 4) is 0 Å². The van der Waals surface area contributed by atoms with Gasteiger partial charge in [0.2, 0.25) is 10.4 Å². The SMILES string of the molecule is O=C1c2ccccc2S(=O)(=O)N1[Si]. The molecule has 0 bridgehead atoms. The number of benzene rings is 1. The van der Waals surface area contributed by atoms with E-state index in [1.807, 2.05) is 0 Å². The van der Waals surface area contributed by atoms with E-state index in [0.717, 1.165) is 0 Å². The molecule has 1 heterocycles. The number of carbonyl (C=O) groups is 1. The largest absolute Gasteiger partial charge is 0.269 e. The summed E-state index contributed by atoms with van der Waals surface area (Å²) >= 11 is 0. The second-order valence-electron chi connectivity index (χ2n) is 2.57. The van der Waals surface area contributed by atoms with E-state index in [2.05, 4.69) is 10.4 Å². The zero-order valence-electron chi connectivity index (χ0n) is 6.39. The lowest BCUT2D eigenvalue weighted by Gasteiger charge is -2.05. The highest BCUT2D eigenvalue weighted by atomic mass is 32.2. The highest BCUT2D eigenvalue weighted by Gasteiger charge is 2.37. The maximum atomic E-state index is 11.5. The van der Waals surface area contributed by atoms with Crippen molar-refractivity contribution in [3.05, 3.63) is 29.8 Å². The molecule has 1 amide bonds. The van der Waals surface area contributed by atoms with E-state index in [1.165, 1.54) is 12.1 Å². The quantitative estimate of drug-likeness (QED) is 0.563. The Bertz CT molecular complexity index is 482. The lowest BCUT2D eigenvalue weighted by atomic mass is 10.2. The first kappa shape index (κ1) is 8.45. The Morgan fingerprint density at radius 1 is 1.23 bits per heavy atom. The number of amides is 1. The van der Waals surface area contributed by atoms with E-state index >= 15 is 0 Å². The van der Waals surface area contributed by atoms with Crippen molar-refractivity contribution < 1.29 is 13.2 Å². The smallest absolute Gasteiger partial charge is 0.260 e. The van der Waals surface area contributed by atoms with Crippen molar-refractivity contribution in [1.29, 1.82) is 0 Å². The molecule has 0 fully saturated rings. The van der Waals surface area contributed by atoms with Gasteiger partial charge in [0.05, 0.1) is 10.5 Å². The third-order valence-corrected chi connectivity index (χ3v) is 4.30. The molecule has 0 spiro atoms. The van der Waals surface area contributed by atoms with Gasteiger partial charge in [0.25, 0.3) is 15.9 Å². The standard InChI is InChI=1S/C7H4NO3SSi/c9-7-5-3-1-2-4-6(5)12(10,11)8(7)13/h1-4H. The van der Waals surface area contributed by atoms with Gasteiger partial charge in [0.1, 0.15) is 0 Å². The first-order valence-electron chi connectivity index (χ1n) is 3.45. The molecule has 0 atom stereocenters. The van der Waals surface area contributed by atoms with E-state index < -0.39 is 15.9 Å². The normalized spacial score (nSPS) is 18.8. The van der Waals surface area contributed by atoms with Gasteiger partial charge in [-0.3, -0.25) is 8.77 Å². The van der Waals surface area contributed by atoms with Crippen molar-refractivity contribution in [2.24, 2.45) is 0 Å². The van der Waals surface area contributed by atoms with Crippen LogP contribution in [0.5, 0.6) is 0 Å². The van der Waals surface area contributed by atoms with Crippen molar-refractivity contribution in [2.75, 3.05) is 0 Å². The van der Waals surface area contributed by atoms with Gasteiger partial charge < -0.3 is 0 Å². The molecule has 2 rings (SSSR count). The molecule has 3 radical (unpaired) electrons. The van der Waals surface area contributed by atoms with Crippen LogP contribution in [0.1, 0.15) is 10.4 Å². The molecule has 1 aliphatic heterocycles. The van der Waals surface area contributed by atoms with Gasteiger partial charge in [-0.05, 0) is 12.1 Å². The average Bonchev–Trinajstić information content (AvgIpc) is 2.30. The number of rotatable bonds is 0. The molecule has 0 N–H and O–H groups in total. The number of fused-ring (bicyclic) bond motifs is 1. The van der Waals surface area contributed by atoms with Crippen LogP contribution in [0, 0.1) is 0 Å². The fraction of sp³-hybridized carbons (Fsp3) is 0. The summed E-state index contributed by atoms with van der Waals surface area (Å²) in [6.07, 6.45) is 0. The molecule has 0 saturated heterocycles. The predicted octanol–water partition coefficient (Wildman–Crippen LogP) is -0.0854. The van der Waals surface area contributed by atoms with Crippen LogP contribution in [0.2, 0.25) is 0 Å². The fourth-order valence-corrected chi connectivity index (χ4v) is 2.80. The molecule has 0 aromatic heterocycles. The Kier molecular flexibility index (Phi) is 1.58. The molecule has 65 valence electrons. The van der Waals surface area contributed by atoms with Crippen LogP contribution in [0.15, 0.2) is 29.2 Å². The second-order valence-corrected chi connectivity index (χ2v) is 5.10. The van der Waals surface area contributed by atoms with Crippen LogP contribution in [-0.4, -0.2) is 28.7 Å². The van der Waals surface area contributed by atoms with E-state index in [-0.39, 0.29) is 10.5 Å². The minimum atomic E-state index is -3.64. The lowest BCUT2D eigenvalue weighted by Crippen LogP contribution is -2.26. The van der Waals surface area contributed by atoms with Crippen LogP contribution in [0.25, 0.3) is 0 Å². The molecule has 1 aromatic carbocycles. The third-order valence-electron chi connectivity index (χ3n) is 1.82. The molecule has 4 nitrogen and oxygen atoms in total. The molecule has 1 aliphatic rings. The van der Waals surface area contributed by atoms with Crippen molar-refractivity contribution >= 4 is 26.3 Å². The van der Waals surface area contributed by atoms with E-state index in [1.54, 1.807) is 12.1 Å². The Morgan fingerprint density at radius 3 is 2.46 bits per heavy atom. The highest BCUT2D eigenvalue weighted by Crippen LogP contribution is 2.27. The molecule has 0 saturated carbocycles. The van der Waals surface area contributed by atoms with Crippen LogP contribution in [0.3, 0.4) is 0 Å². The fourth-order valence-electron chi connectivity index (χ4n) is 1.19. The summed E-state index contributed by atoms with van der Waals surface area (Å²) in [6.45, 7) is 0. The third kappa shape index (κ3) is 0.955. The molecular formula is C7H4NO3SSi. The minimum absolute atomic E-state index is 0.0509. The summed E-state index contributed by atoms with van der Waals surface area (Å²) in [5.74, 6) is -0.549. The molecule has 0 aliphatic carbocycles.